The summed E-state index contributed by atoms with van der Waals surface area (Å²) in [6, 6.07) is 3.81. The molecular weight excluding hydrogens is 156 g/mol. The van der Waals surface area contributed by atoms with E-state index in [1.54, 1.807) is 0 Å². The minimum Gasteiger partial charge on any atom is -0.389 e. The van der Waals surface area contributed by atoms with Crippen LogP contribution in [-0.2, 0) is 0 Å². The van der Waals surface area contributed by atoms with Crippen LogP contribution < -0.4 is 5.73 Å². The van der Waals surface area contributed by atoms with Crippen LogP contribution in [0, 0.1) is 13.8 Å². The van der Waals surface area contributed by atoms with E-state index in [9.17, 15) is 0 Å². The van der Waals surface area contributed by atoms with Crippen molar-refractivity contribution in [3.05, 3.63) is 29.1 Å². The van der Waals surface area contributed by atoms with Crippen molar-refractivity contribution in [2.75, 3.05) is 0 Å². The fraction of sp³-hybridized carbons (Fsp3) is 0.250. The smallest absolute Gasteiger partial charge is 0.105 e. The predicted molar refractivity (Wildman–Crippen MR) is 49.6 cm³/mol. The van der Waals surface area contributed by atoms with E-state index < -0.39 is 0 Å². The van der Waals surface area contributed by atoms with Gasteiger partial charge in [-0.1, -0.05) is 12.2 Å². The van der Waals surface area contributed by atoms with Crippen molar-refractivity contribution in [1.82, 2.24) is 4.98 Å². The summed E-state index contributed by atoms with van der Waals surface area (Å²) in [6.45, 7) is 3.85. The standard InChI is InChI=1S/C8H10N2S/c1-5-3-4-7(8(9)11)6(2)10-5/h3-4H,1-2H3,(H2,9,11). The first-order chi connectivity index (χ1) is 5.11. The van der Waals surface area contributed by atoms with Crippen molar-refractivity contribution in [1.29, 1.82) is 0 Å². The lowest BCUT2D eigenvalue weighted by Gasteiger charge is -2.02. The first-order valence-corrected chi connectivity index (χ1v) is 3.76. The molecule has 0 saturated carbocycles. The molecule has 1 heterocycles. The Labute approximate surface area is 71.4 Å². The van der Waals surface area contributed by atoms with Crippen LogP contribution in [0.15, 0.2) is 12.1 Å². The fourth-order valence-electron chi connectivity index (χ4n) is 0.947. The van der Waals surface area contributed by atoms with E-state index in [0.717, 1.165) is 17.0 Å². The van der Waals surface area contributed by atoms with Crippen LogP contribution in [0.3, 0.4) is 0 Å². The van der Waals surface area contributed by atoms with Crippen LogP contribution in [0.4, 0.5) is 0 Å². The molecule has 0 aromatic carbocycles. The van der Waals surface area contributed by atoms with Crippen LogP contribution in [0.5, 0.6) is 0 Å². The summed E-state index contributed by atoms with van der Waals surface area (Å²) >= 11 is 4.83. The van der Waals surface area contributed by atoms with Gasteiger partial charge in [0.05, 0.1) is 0 Å². The van der Waals surface area contributed by atoms with E-state index in [-0.39, 0.29) is 0 Å². The molecule has 0 aliphatic heterocycles. The SMILES string of the molecule is Cc1ccc(C(N)=S)c(C)n1. The van der Waals surface area contributed by atoms with Gasteiger partial charge in [-0.2, -0.15) is 0 Å². The molecule has 0 bridgehead atoms. The topological polar surface area (TPSA) is 38.9 Å². The number of nitrogens with zero attached hydrogens (tertiary/aromatic N) is 1. The maximum absolute atomic E-state index is 5.46. The van der Waals surface area contributed by atoms with Crippen molar-refractivity contribution in [2.45, 2.75) is 13.8 Å². The lowest BCUT2D eigenvalue weighted by molar-refractivity contribution is 1.11. The average molecular weight is 166 g/mol. The normalized spacial score (nSPS) is 9.64. The minimum absolute atomic E-state index is 0.412. The molecule has 2 nitrogen and oxygen atoms in total. The molecule has 0 unspecified atom stereocenters. The zero-order valence-electron chi connectivity index (χ0n) is 6.59. The maximum atomic E-state index is 5.46. The molecule has 3 heteroatoms. The second kappa shape index (κ2) is 2.96. The Morgan fingerprint density at radius 3 is 2.55 bits per heavy atom. The van der Waals surface area contributed by atoms with Crippen molar-refractivity contribution in [3.8, 4) is 0 Å². The van der Waals surface area contributed by atoms with Gasteiger partial charge in [0, 0.05) is 17.0 Å². The zero-order valence-corrected chi connectivity index (χ0v) is 7.40. The Morgan fingerprint density at radius 2 is 2.09 bits per heavy atom. The summed E-state index contributed by atoms with van der Waals surface area (Å²) in [4.78, 5) is 4.64. The zero-order chi connectivity index (χ0) is 8.43. The summed E-state index contributed by atoms with van der Waals surface area (Å²) in [5.74, 6) is 0. The molecule has 1 aromatic rings. The van der Waals surface area contributed by atoms with Gasteiger partial charge < -0.3 is 5.73 Å². The molecule has 1 rings (SSSR count). The van der Waals surface area contributed by atoms with Crippen molar-refractivity contribution in [2.24, 2.45) is 5.73 Å². The third kappa shape index (κ3) is 1.74. The monoisotopic (exact) mass is 166 g/mol. The van der Waals surface area contributed by atoms with Crippen molar-refractivity contribution >= 4 is 17.2 Å². The number of thiocarbonyl (C=S) groups is 1. The second-order valence-corrected chi connectivity index (χ2v) is 2.89. The Morgan fingerprint density at radius 1 is 1.45 bits per heavy atom. The summed E-state index contributed by atoms with van der Waals surface area (Å²) in [6.07, 6.45) is 0. The number of nitrogens with two attached hydrogens (primary N) is 1. The lowest BCUT2D eigenvalue weighted by atomic mass is 10.2. The van der Waals surface area contributed by atoms with E-state index in [4.69, 9.17) is 18.0 Å². The van der Waals surface area contributed by atoms with Crippen LogP contribution in [0.1, 0.15) is 17.0 Å². The van der Waals surface area contributed by atoms with E-state index in [1.807, 2.05) is 26.0 Å². The molecule has 2 N–H and O–H groups in total. The Hall–Kier alpha value is -0.960. The summed E-state index contributed by atoms with van der Waals surface area (Å²) in [5.41, 5.74) is 8.21. The van der Waals surface area contributed by atoms with Gasteiger partial charge in [0.15, 0.2) is 0 Å². The number of rotatable bonds is 1. The first kappa shape index (κ1) is 8.14. The number of aromatic nitrogens is 1. The molecule has 0 atom stereocenters. The van der Waals surface area contributed by atoms with Gasteiger partial charge >= 0.3 is 0 Å². The summed E-state index contributed by atoms with van der Waals surface area (Å²) in [7, 11) is 0. The van der Waals surface area contributed by atoms with Crippen LogP contribution >= 0.6 is 12.2 Å². The molecule has 0 saturated heterocycles. The van der Waals surface area contributed by atoms with Crippen molar-refractivity contribution in [3.63, 3.8) is 0 Å². The molecule has 11 heavy (non-hydrogen) atoms. The average Bonchev–Trinajstić information content (AvgIpc) is 1.85. The van der Waals surface area contributed by atoms with E-state index in [2.05, 4.69) is 4.98 Å². The van der Waals surface area contributed by atoms with E-state index >= 15 is 0 Å². The minimum atomic E-state index is 0.412. The number of pyridine rings is 1. The molecule has 0 aliphatic rings. The molecule has 0 spiro atoms. The summed E-state index contributed by atoms with van der Waals surface area (Å²) < 4.78 is 0. The molecule has 0 fully saturated rings. The van der Waals surface area contributed by atoms with Gasteiger partial charge in [0.1, 0.15) is 4.99 Å². The van der Waals surface area contributed by atoms with Gasteiger partial charge in [-0.15, -0.1) is 0 Å². The van der Waals surface area contributed by atoms with E-state index in [0.29, 0.717) is 4.99 Å². The summed E-state index contributed by atoms with van der Waals surface area (Å²) in [5, 5.41) is 0. The highest BCUT2D eigenvalue weighted by atomic mass is 32.1. The number of aryl methyl sites for hydroxylation is 2. The van der Waals surface area contributed by atoms with E-state index in [1.165, 1.54) is 0 Å². The molecule has 0 amide bonds. The van der Waals surface area contributed by atoms with Crippen LogP contribution in [-0.4, -0.2) is 9.97 Å². The first-order valence-electron chi connectivity index (χ1n) is 3.35. The molecule has 58 valence electrons. The Kier molecular flexibility index (Phi) is 2.19. The lowest BCUT2D eigenvalue weighted by Crippen LogP contribution is -2.12. The molecule has 0 radical (unpaired) electrons. The van der Waals surface area contributed by atoms with Gasteiger partial charge in [-0.25, -0.2) is 0 Å². The van der Waals surface area contributed by atoms with Crippen LogP contribution in [0.25, 0.3) is 0 Å². The quantitative estimate of drug-likeness (QED) is 0.640. The van der Waals surface area contributed by atoms with Gasteiger partial charge in [-0.3, -0.25) is 4.98 Å². The van der Waals surface area contributed by atoms with Gasteiger partial charge in [-0.05, 0) is 26.0 Å². The number of hydrogen-bond donors (Lipinski definition) is 1. The highest BCUT2D eigenvalue weighted by molar-refractivity contribution is 7.80. The molecular formula is C8H10N2S. The highest BCUT2D eigenvalue weighted by Crippen LogP contribution is 2.05. The Bertz CT molecular complexity index is 294. The fourth-order valence-corrected chi connectivity index (χ4v) is 1.16. The second-order valence-electron chi connectivity index (χ2n) is 2.45. The van der Waals surface area contributed by atoms with Gasteiger partial charge in [0.2, 0.25) is 0 Å². The number of hydrogen-bond acceptors (Lipinski definition) is 2. The maximum Gasteiger partial charge on any atom is 0.105 e. The van der Waals surface area contributed by atoms with Crippen LogP contribution in [0.2, 0.25) is 0 Å². The molecule has 1 aromatic heterocycles. The van der Waals surface area contributed by atoms with Gasteiger partial charge in [0.25, 0.3) is 0 Å². The predicted octanol–water partition coefficient (Wildman–Crippen LogP) is 1.33. The highest BCUT2D eigenvalue weighted by Gasteiger charge is 2.00. The Balaban J connectivity index is 3.20. The van der Waals surface area contributed by atoms with Crippen molar-refractivity contribution < 1.29 is 0 Å². The molecule has 0 aliphatic carbocycles. The third-order valence-corrected chi connectivity index (χ3v) is 1.71. The largest absolute Gasteiger partial charge is 0.389 e. The third-order valence-electron chi connectivity index (χ3n) is 1.49.